The van der Waals surface area contributed by atoms with Crippen LogP contribution in [0.3, 0.4) is 0 Å². The molecule has 0 radical (unpaired) electrons. The van der Waals surface area contributed by atoms with Gasteiger partial charge in [0.15, 0.2) is 5.84 Å². The molecule has 0 aliphatic rings. The second-order valence-electron chi connectivity index (χ2n) is 2.99. The van der Waals surface area contributed by atoms with Crippen molar-refractivity contribution in [3.63, 3.8) is 0 Å². The normalized spacial score (nSPS) is 12.6. The van der Waals surface area contributed by atoms with Gasteiger partial charge in [0.1, 0.15) is 0 Å². The molecule has 86 valence electrons. The van der Waals surface area contributed by atoms with Gasteiger partial charge in [0.05, 0.1) is 5.56 Å². The van der Waals surface area contributed by atoms with Gasteiger partial charge in [0, 0.05) is 5.56 Å². The summed E-state index contributed by atoms with van der Waals surface area (Å²) in [6.45, 7) is 3.37. The van der Waals surface area contributed by atoms with Gasteiger partial charge in [0.25, 0.3) is 0 Å². The Morgan fingerprint density at radius 3 is 2.50 bits per heavy atom. The first-order valence-corrected chi connectivity index (χ1v) is 4.21. The molecule has 3 nitrogen and oxygen atoms in total. The van der Waals surface area contributed by atoms with Crippen molar-refractivity contribution < 1.29 is 18.4 Å². The number of nitrogens with two attached hydrogens (primary N) is 1. The van der Waals surface area contributed by atoms with E-state index in [0.29, 0.717) is 5.56 Å². The molecule has 1 aromatic rings. The Morgan fingerprint density at radius 1 is 1.44 bits per heavy atom. The molecule has 0 aromatic heterocycles. The lowest BCUT2D eigenvalue weighted by atomic mass is 10.0. The quantitative estimate of drug-likeness (QED) is 0.355. The molecule has 1 aromatic carbocycles. The molecule has 0 atom stereocenters. The van der Waals surface area contributed by atoms with E-state index in [1.165, 1.54) is 12.1 Å². The Balaban J connectivity index is 3.45. The highest BCUT2D eigenvalue weighted by Gasteiger charge is 2.34. The van der Waals surface area contributed by atoms with Crippen LogP contribution in [0.2, 0.25) is 0 Å². The summed E-state index contributed by atoms with van der Waals surface area (Å²) < 4.78 is 37.9. The first kappa shape index (κ1) is 12.1. The van der Waals surface area contributed by atoms with Crippen molar-refractivity contribution >= 4 is 11.9 Å². The molecule has 1 rings (SSSR count). The van der Waals surface area contributed by atoms with Crippen molar-refractivity contribution in [2.24, 2.45) is 10.9 Å². The predicted molar refractivity (Wildman–Crippen MR) is 54.0 cm³/mol. The Bertz CT molecular complexity index is 438. The van der Waals surface area contributed by atoms with Gasteiger partial charge in [-0.15, -0.1) is 0 Å². The second kappa shape index (κ2) is 4.26. The van der Waals surface area contributed by atoms with Crippen LogP contribution >= 0.6 is 0 Å². The average Bonchev–Trinajstić information content (AvgIpc) is 2.26. The minimum Gasteiger partial charge on any atom is -0.409 e. The summed E-state index contributed by atoms with van der Waals surface area (Å²) in [4.78, 5) is 0. The highest BCUT2D eigenvalue weighted by Crippen LogP contribution is 2.32. The standard InChI is InChI=1S/C10H9F3N2O/c1-2-6-3-4-7(9(14)15-16)8(5-6)10(11,12)13/h2-5,16H,1H2,(H2,14,15). The monoisotopic (exact) mass is 230 g/mol. The van der Waals surface area contributed by atoms with Crippen LogP contribution in [0.5, 0.6) is 0 Å². The number of hydrogen-bond acceptors (Lipinski definition) is 2. The van der Waals surface area contributed by atoms with Crippen LogP contribution < -0.4 is 5.73 Å². The molecular weight excluding hydrogens is 221 g/mol. The van der Waals surface area contributed by atoms with Crippen LogP contribution in [-0.4, -0.2) is 11.0 Å². The topological polar surface area (TPSA) is 58.6 Å². The van der Waals surface area contributed by atoms with E-state index in [2.05, 4.69) is 11.7 Å². The third-order valence-electron chi connectivity index (χ3n) is 1.97. The summed E-state index contributed by atoms with van der Waals surface area (Å²) in [6, 6.07) is 3.42. The van der Waals surface area contributed by atoms with Gasteiger partial charge in [-0.1, -0.05) is 23.9 Å². The zero-order chi connectivity index (χ0) is 12.3. The number of hydrogen-bond donors (Lipinski definition) is 2. The fourth-order valence-corrected chi connectivity index (χ4v) is 1.20. The maximum atomic E-state index is 12.6. The van der Waals surface area contributed by atoms with E-state index in [-0.39, 0.29) is 5.56 Å². The van der Waals surface area contributed by atoms with Crippen molar-refractivity contribution in [3.8, 4) is 0 Å². The van der Waals surface area contributed by atoms with Gasteiger partial charge in [0.2, 0.25) is 0 Å². The van der Waals surface area contributed by atoms with Gasteiger partial charge in [-0.05, 0) is 17.7 Å². The first-order valence-electron chi connectivity index (χ1n) is 4.21. The molecule has 0 aliphatic heterocycles. The number of benzene rings is 1. The molecule has 0 aliphatic carbocycles. The number of oxime groups is 1. The fourth-order valence-electron chi connectivity index (χ4n) is 1.20. The summed E-state index contributed by atoms with van der Waals surface area (Å²) in [7, 11) is 0. The highest BCUT2D eigenvalue weighted by atomic mass is 19.4. The van der Waals surface area contributed by atoms with Crippen molar-refractivity contribution in [2.45, 2.75) is 6.18 Å². The Hall–Kier alpha value is -1.98. The van der Waals surface area contributed by atoms with Crippen LogP contribution in [0, 0.1) is 0 Å². The molecular formula is C10H9F3N2O. The Kier molecular flexibility index (Phi) is 3.22. The molecule has 16 heavy (non-hydrogen) atoms. The highest BCUT2D eigenvalue weighted by molar-refractivity contribution is 5.98. The summed E-state index contributed by atoms with van der Waals surface area (Å²) in [5.41, 5.74) is 4.15. The third kappa shape index (κ3) is 2.33. The van der Waals surface area contributed by atoms with Crippen LogP contribution in [0.4, 0.5) is 13.2 Å². The number of alkyl halides is 3. The van der Waals surface area contributed by atoms with Gasteiger partial charge in [-0.3, -0.25) is 0 Å². The summed E-state index contributed by atoms with van der Waals surface area (Å²) in [5, 5.41) is 10.9. The van der Waals surface area contributed by atoms with Crippen molar-refractivity contribution in [2.75, 3.05) is 0 Å². The molecule has 0 saturated heterocycles. The molecule has 0 fully saturated rings. The minimum absolute atomic E-state index is 0.307. The Labute approximate surface area is 89.7 Å². The molecule has 6 heteroatoms. The number of amidine groups is 1. The number of nitrogens with zero attached hydrogens (tertiary/aromatic N) is 1. The van der Waals surface area contributed by atoms with Gasteiger partial charge >= 0.3 is 6.18 Å². The van der Waals surface area contributed by atoms with Crippen LogP contribution in [0.1, 0.15) is 16.7 Å². The molecule has 0 spiro atoms. The average molecular weight is 230 g/mol. The van der Waals surface area contributed by atoms with Crippen molar-refractivity contribution in [3.05, 3.63) is 41.5 Å². The zero-order valence-electron chi connectivity index (χ0n) is 8.12. The van der Waals surface area contributed by atoms with E-state index in [9.17, 15) is 13.2 Å². The molecule has 0 amide bonds. The van der Waals surface area contributed by atoms with Crippen LogP contribution in [0.15, 0.2) is 29.9 Å². The van der Waals surface area contributed by atoms with E-state index >= 15 is 0 Å². The summed E-state index contributed by atoms with van der Waals surface area (Å²) >= 11 is 0. The van der Waals surface area contributed by atoms with Crippen molar-refractivity contribution in [1.82, 2.24) is 0 Å². The SMILES string of the molecule is C=Cc1ccc(/C(N)=N/O)c(C(F)(F)F)c1. The zero-order valence-corrected chi connectivity index (χ0v) is 8.12. The molecule has 0 heterocycles. The van der Waals surface area contributed by atoms with Crippen LogP contribution in [-0.2, 0) is 6.18 Å². The number of halogens is 3. The van der Waals surface area contributed by atoms with E-state index in [1.54, 1.807) is 0 Å². The largest absolute Gasteiger partial charge is 0.417 e. The predicted octanol–water partition coefficient (Wildman–Crippen LogP) is 2.44. The minimum atomic E-state index is -4.57. The fraction of sp³-hybridized carbons (Fsp3) is 0.100. The number of rotatable bonds is 2. The molecule has 0 saturated carbocycles. The lowest BCUT2D eigenvalue weighted by Crippen LogP contribution is -2.20. The molecule has 0 bridgehead atoms. The van der Waals surface area contributed by atoms with E-state index in [4.69, 9.17) is 10.9 Å². The van der Waals surface area contributed by atoms with Crippen LogP contribution in [0.25, 0.3) is 6.08 Å². The van der Waals surface area contributed by atoms with Gasteiger partial charge in [-0.25, -0.2) is 0 Å². The van der Waals surface area contributed by atoms with Gasteiger partial charge in [-0.2, -0.15) is 13.2 Å². The van der Waals surface area contributed by atoms with E-state index in [1.807, 2.05) is 0 Å². The molecule has 0 unspecified atom stereocenters. The summed E-state index contributed by atoms with van der Waals surface area (Å²) in [6.07, 6.45) is -3.28. The second-order valence-corrected chi connectivity index (χ2v) is 2.99. The van der Waals surface area contributed by atoms with Gasteiger partial charge < -0.3 is 10.9 Å². The lowest BCUT2D eigenvalue weighted by Gasteiger charge is -2.12. The van der Waals surface area contributed by atoms with E-state index < -0.39 is 17.6 Å². The van der Waals surface area contributed by atoms with Crippen molar-refractivity contribution in [1.29, 1.82) is 0 Å². The molecule has 3 N–H and O–H groups in total. The van der Waals surface area contributed by atoms with E-state index in [0.717, 1.165) is 12.1 Å². The maximum Gasteiger partial charge on any atom is 0.417 e. The third-order valence-corrected chi connectivity index (χ3v) is 1.97. The first-order chi connectivity index (χ1) is 7.40. The maximum absolute atomic E-state index is 12.6. The Morgan fingerprint density at radius 2 is 2.06 bits per heavy atom. The summed E-state index contributed by atoms with van der Waals surface area (Å²) in [5.74, 6) is -0.581. The lowest BCUT2D eigenvalue weighted by molar-refractivity contribution is -0.137. The smallest absolute Gasteiger partial charge is 0.409 e.